The van der Waals surface area contributed by atoms with Gasteiger partial charge < -0.3 is 20.1 Å². The van der Waals surface area contributed by atoms with Crippen molar-refractivity contribution in [2.75, 3.05) is 19.5 Å². The van der Waals surface area contributed by atoms with Gasteiger partial charge in [-0.25, -0.2) is 0 Å². The fraction of sp³-hybridized carbons (Fsp3) is 0.250. The number of anilines is 1. The number of halogens is 1. The molecule has 2 N–H and O–H groups in total. The predicted octanol–water partition coefficient (Wildman–Crippen LogP) is 6.78. The lowest BCUT2D eigenvalue weighted by Crippen LogP contribution is -2.37. The molecular weight excluding hydrogens is 556 g/mol. The lowest BCUT2D eigenvalue weighted by molar-refractivity contribution is -0.116. The molecule has 0 spiro atoms. The van der Waals surface area contributed by atoms with Gasteiger partial charge in [-0.3, -0.25) is 9.59 Å². The van der Waals surface area contributed by atoms with Crippen LogP contribution in [0, 0.1) is 6.92 Å². The van der Waals surface area contributed by atoms with Gasteiger partial charge in [-0.2, -0.15) is 0 Å². The van der Waals surface area contributed by atoms with Gasteiger partial charge >= 0.3 is 0 Å². The number of carbonyl (C=O) groups is 2. The second kappa shape index (κ2) is 11.1. The molecule has 7 heteroatoms. The molecule has 3 aromatic rings. The van der Waals surface area contributed by atoms with E-state index in [4.69, 9.17) is 9.47 Å². The van der Waals surface area contributed by atoms with Gasteiger partial charge in [0.25, 0.3) is 5.91 Å². The maximum atomic E-state index is 13.9. The zero-order chi connectivity index (χ0) is 27.7. The Morgan fingerprint density at radius 3 is 2.23 bits per heavy atom. The molecule has 0 radical (unpaired) electrons. The van der Waals surface area contributed by atoms with Gasteiger partial charge in [0.15, 0.2) is 17.3 Å². The van der Waals surface area contributed by atoms with Crippen LogP contribution in [0.5, 0.6) is 11.5 Å². The number of benzene rings is 3. The number of amides is 1. The lowest BCUT2D eigenvalue weighted by atomic mass is 9.71. The summed E-state index contributed by atoms with van der Waals surface area (Å²) in [4.78, 5) is 27.6. The Balaban J connectivity index is 1.53. The Kier molecular flexibility index (Phi) is 7.62. The topological polar surface area (TPSA) is 76.7 Å². The molecule has 3 aromatic carbocycles. The molecule has 0 bridgehead atoms. The maximum Gasteiger partial charge on any atom is 0.254 e. The molecule has 1 aliphatic heterocycles. The molecule has 2 aliphatic rings. The van der Waals surface area contributed by atoms with E-state index in [0.29, 0.717) is 41.2 Å². The Morgan fingerprint density at radius 1 is 0.897 bits per heavy atom. The van der Waals surface area contributed by atoms with E-state index in [1.807, 2.05) is 80.6 Å². The number of ketones is 1. The van der Waals surface area contributed by atoms with Crippen LogP contribution in [-0.2, 0) is 9.59 Å². The quantitative estimate of drug-likeness (QED) is 0.333. The van der Waals surface area contributed by atoms with E-state index >= 15 is 0 Å². The average molecular weight is 588 g/mol. The summed E-state index contributed by atoms with van der Waals surface area (Å²) < 4.78 is 11.8. The molecule has 5 rings (SSSR count). The fourth-order valence-electron chi connectivity index (χ4n) is 5.51. The highest BCUT2D eigenvalue weighted by Gasteiger charge is 2.41. The van der Waals surface area contributed by atoms with Gasteiger partial charge in [0.05, 0.1) is 14.2 Å². The zero-order valence-electron chi connectivity index (χ0n) is 22.4. The molecule has 1 aliphatic carbocycles. The van der Waals surface area contributed by atoms with Gasteiger partial charge in [0.2, 0.25) is 0 Å². The molecule has 0 saturated heterocycles. The highest BCUT2D eigenvalue weighted by molar-refractivity contribution is 9.10. The Labute approximate surface area is 237 Å². The van der Waals surface area contributed by atoms with Crippen LogP contribution in [0.2, 0.25) is 0 Å². The molecular formula is C32H31BrN2O4. The number of methoxy groups -OCH3 is 2. The van der Waals surface area contributed by atoms with Crippen LogP contribution in [0.4, 0.5) is 5.69 Å². The van der Waals surface area contributed by atoms with Crippen molar-refractivity contribution in [3.05, 3.63) is 110 Å². The van der Waals surface area contributed by atoms with Crippen molar-refractivity contribution in [1.29, 1.82) is 0 Å². The van der Waals surface area contributed by atoms with E-state index < -0.39 is 5.92 Å². The second-order valence-corrected chi connectivity index (χ2v) is 10.9. The van der Waals surface area contributed by atoms with Gasteiger partial charge in [0, 0.05) is 45.0 Å². The minimum Gasteiger partial charge on any atom is -0.493 e. The third-order valence-electron chi connectivity index (χ3n) is 7.46. The van der Waals surface area contributed by atoms with E-state index in [1.165, 1.54) is 0 Å². The third kappa shape index (κ3) is 5.36. The number of hydrogen-bond acceptors (Lipinski definition) is 5. The Bertz CT molecular complexity index is 1490. The summed E-state index contributed by atoms with van der Waals surface area (Å²) in [5, 5.41) is 6.49. The molecule has 0 saturated carbocycles. The SMILES string of the molecule is COc1ccc([C@@H]2CC(=O)C3=C(C2)NC(C)=C(C(=O)Nc2ccc(C)cc2)[C@H]3c2ccc(Br)cc2)cc1OC. The summed E-state index contributed by atoms with van der Waals surface area (Å²) in [5.74, 6) is 0.598. The Morgan fingerprint density at radius 2 is 1.56 bits per heavy atom. The monoisotopic (exact) mass is 586 g/mol. The highest BCUT2D eigenvalue weighted by Crippen LogP contribution is 2.46. The van der Waals surface area contributed by atoms with Gasteiger partial charge in [-0.1, -0.05) is 51.8 Å². The smallest absolute Gasteiger partial charge is 0.254 e. The molecule has 0 unspecified atom stereocenters. The van der Waals surface area contributed by atoms with Crippen LogP contribution < -0.4 is 20.1 Å². The van der Waals surface area contributed by atoms with Gasteiger partial charge in [0.1, 0.15) is 0 Å². The molecule has 0 aromatic heterocycles. The minimum absolute atomic E-state index is 0.0233. The third-order valence-corrected chi connectivity index (χ3v) is 7.99. The summed E-state index contributed by atoms with van der Waals surface area (Å²) in [6, 6.07) is 21.4. The van der Waals surface area contributed by atoms with Crippen molar-refractivity contribution < 1.29 is 19.1 Å². The first-order chi connectivity index (χ1) is 18.8. The normalized spacial score (nSPS) is 18.8. The van der Waals surface area contributed by atoms with Crippen LogP contribution in [0.1, 0.15) is 48.3 Å². The summed E-state index contributed by atoms with van der Waals surface area (Å²) >= 11 is 3.51. The average Bonchev–Trinajstić information content (AvgIpc) is 2.93. The van der Waals surface area contributed by atoms with E-state index in [2.05, 4.69) is 26.6 Å². The van der Waals surface area contributed by atoms with Crippen molar-refractivity contribution in [2.45, 2.75) is 38.5 Å². The lowest BCUT2D eigenvalue weighted by Gasteiger charge is -2.37. The van der Waals surface area contributed by atoms with Crippen LogP contribution in [0.25, 0.3) is 0 Å². The van der Waals surface area contributed by atoms with Crippen molar-refractivity contribution in [2.24, 2.45) is 0 Å². The van der Waals surface area contributed by atoms with Crippen LogP contribution in [-0.4, -0.2) is 25.9 Å². The number of Topliss-reactive ketones (excluding diaryl/α,β-unsaturated/α-hetero) is 1. The number of nitrogens with one attached hydrogen (secondary N) is 2. The zero-order valence-corrected chi connectivity index (χ0v) is 24.0. The molecule has 39 heavy (non-hydrogen) atoms. The van der Waals surface area contributed by atoms with Crippen molar-refractivity contribution in [3.63, 3.8) is 0 Å². The number of rotatable bonds is 6. The number of hydrogen-bond donors (Lipinski definition) is 2. The summed E-state index contributed by atoms with van der Waals surface area (Å²) in [7, 11) is 3.21. The number of ether oxygens (including phenoxy) is 2. The fourth-order valence-corrected chi connectivity index (χ4v) is 5.77. The summed E-state index contributed by atoms with van der Waals surface area (Å²) in [5.41, 5.74) is 6.56. The first-order valence-corrected chi connectivity index (χ1v) is 13.7. The first kappa shape index (κ1) is 26.8. The summed E-state index contributed by atoms with van der Waals surface area (Å²) in [6.45, 7) is 3.91. The van der Waals surface area contributed by atoms with E-state index in [1.54, 1.807) is 14.2 Å². The van der Waals surface area contributed by atoms with E-state index in [0.717, 1.165) is 32.6 Å². The number of carbonyl (C=O) groups excluding carboxylic acids is 2. The van der Waals surface area contributed by atoms with Crippen LogP contribution in [0.15, 0.2) is 93.7 Å². The van der Waals surface area contributed by atoms with E-state index in [9.17, 15) is 9.59 Å². The molecule has 200 valence electrons. The number of aryl methyl sites for hydroxylation is 1. The van der Waals surface area contributed by atoms with Gasteiger partial charge in [-0.05, 0) is 73.7 Å². The molecule has 6 nitrogen and oxygen atoms in total. The second-order valence-electron chi connectivity index (χ2n) is 10.0. The standard InChI is InChI=1S/C32H31BrN2O4/c1-18-5-12-24(13-6-18)35-32(37)29-19(2)34-25-15-22(21-9-14-27(38-3)28(17-21)39-4)16-26(36)31(25)30(29)20-7-10-23(33)11-8-20/h5-14,17,22,30,34H,15-16H2,1-4H3,(H,35,37)/t22-,30+/m0/s1. The largest absolute Gasteiger partial charge is 0.493 e. The van der Waals surface area contributed by atoms with E-state index in [-0.39, 0.29) is 17.6 Å². The minimum atomic E-state index is -0.473. The van der Waals surface area contributed by atoms with Crippen molar-refractivity contribution >= 4 is 33.3 Å². The predicted molar refractivity (Wildman–Crippen MR) is 156 cm³/mol. The molecule has 2 atom stereocenters. The van der Waals surface area contributed by atoms with Crippen molar-refractivity contribution in [1.82, 2.24) is 5.32 Å². The molecule has 1 amide bonds. The Hall–Kier alpha value is -3.84. The number of allylic oxidation sites excluding steroid dienone is 3. The molecule has 1 heterocycles. The van der Waals surface area contributed by atoms with Crippen molar-refractivity contribution in [3.8, 4) is 11.5 Å². The van der Waals surface area contributed by atoms with Crippen LogP contribution >= 0.6 is 15.9 Å². The summed E-state index contributed by atoms with van der Waals surface area (Å²) in [6.07, 6.45) is 0.989. The molecule has 0 fully saturated rings. The highest BCUT2D eigenvalue weighted by atomic mass is 79.9. The maximum absolute atomic E-state index is 13.9. The number of dihydropyridines is 1. The first-order valence-electron chi connectivity index (χ1n) is 12.9. The van der Waals surface area contributed by atoms with Gasteiger partial charge in [-0.15, -0.1) is 0 Å². The van der Waals surface area contributed by atoms with Crippen LogP contribution in [0.3, 0.4) is 0 Å².